The Morgan fingerprint density at radius 1 is 1.36 bits per heavy atom. The first-order valence-corrected chi connectivity index (χ1v) is 4.57. The molecule has 0 spiro atoms. The van der Waals surface area contributed by atoms with Crippen LogP contribution in [0.3, 0.4) is 0 Å². The van der Waals surface area contributed by atoms with Gasteiger partial charge in [0.25, 0.3) is 0 Å². The molecule has 0 aromatic heterocycles. The lowest BCUT2D eigenvalue weighted by Gasteiger charge is -2.14. The fourth-order valence-electron chi connectivity index (χ4n) is 0.764. The molecule has 4 N–H and O–H groups in total. The van der Waals surface area contributed by atoms with E-state index in [0.717, 1.165) is 0 Å². The molecule has 1 aromatic carbocycles. The molecule has 0 amide bonds. The smallest absolute Gasteiger partial charge is 0.330 e. The summed E-state index contributed by atoms with van der Waals surface area (Å²) in [6.07, 6.45) is -2.97. The predicted octanol–water partition coefficient (Wildman–Crippen LogP) is 0.319. The van der Waals surface area contributed by atoms with Gasteiger partial charge in [-0.1, -0.05) is 6.07 Å². The third-order valence-electron chi connectivity index (χ3n) is 1.45. The molecule has 0 bridgehead atoms. The molecule has 0 unspecified atom stereocenters. The predicted molar refractivity (Wildman–Crippen MR) is 49.5 cm³/mol. The molecule has 1 rings (SSSR count). The van der Waals surface area contributed by atoms with Crippen LogP contribution in [0.2, 0.25) is 0 Å². The summed E-state index contributed by atoms with van der Waals surface area (Å²) in [4.78, 5) is 0.426. The van der Waals surface area contributed by atoms with E-state index < -0.39 is 11.9 Å². The molecule has 0 heterocycles. The SMILES string of the molecule is Cc1ccc(SNC(O)(O)O)cc1F. The highest BCUT2D eigenvalue weighted by Crippen LogP contribution is 2.18. The zero-order valence-electron chi connectivity index (χ0n) is 7.36. The zero-order valence-corrected chi connectivity index (χ0v) is 8.18. The summed E-state index contributed by atoms with van der Waals surface area (Å²) in [5, 5.41) is 25.5. The molecule has 1 aromatic rings. The van der Waals surface area contributed by atoms with Gasteiger partial charge in [-0.3, -0.25) is 0 Å². The molecule has 0 radical (unpaired) electrons. The number of hydrogen-bond acceptors (Lipinski definition) is 5. The van der Waals surface area contributed by atoms with Gasteiger partial charge in [0.15, 0.2) is 0 Å². The van der Waals surface area contributed by atoms with E-state index in [1.165, 1.54) is 6.07 Å². The topological polar surface area (TPSA) is 72.7 Å². The second-order valence-electron chi connectivity index (χ2n) is 2.75. The van der Waals surface area contributed by atoms with Crippen LogP contribution in [0.15, 0.2) is 23.1 Å². The molecular weight excluding hydrogens is 209 g/mol. The van der Waals surface area contributed by atoms with Crippen LogP contribution in [0.1, 0.15) is 5.56 Å². The van der Waals surface area contributed by atoms with E-state index in [4.69, 9.17) is 15.3 Å². The molecule has 6 heteroatoms. The summed E-state index contributed by atoms with van der Waals surface area (Å²) in [6, 6.07) is 4.35. The highest BCUT2D eigenvalue weighted by Gasteiger charge is 2.17. The lowest BCUT2D eigenvalue weighted by Crippen LogP contribution is -2.40. The van der Waals surface area contributed by atoms with E-state index in [1.807, 2.05) is 4.72 Å². The van der Waals surface area contributed by atoms with Gasteiger partial charge < -0.3 is 15.3 Å². The molecule has 0 aliphatic rings. The van der Waals surface area contributed by atoms with Crippen molar-refractivity contribution < 1.29 is 19.7 Å². The largest absolute Gasteiger partial charge is 0.352 e. The average molecular weight is 219 g/mol. The van der Waals surface area contributed by atoms with Crippen molar-refractivity contribution in [3.63, 3.8) is 0 Å². The third-order valence-corrected chi connectivity index (χ3v) is 2.31. The number of aliphatic hydroxyl groups is 3. The minimum atomic E-state index is -2.97. The Hall–Kier alpha value is -0.660. The highest BCUT2D eigenvalue weighted by molar-refractivity contribution is 7.97. The summed E-state index contributed by atoms with van der Waals surface area (Å²) in [5.41, 5.74) is 0.498. The lowest BCUT2D eigenvalue weighted by molar-refractivity contribution is -0.317. The van der Waals surface area contributed by atoms with Gasteiger partial charge in [-0.25, -0.2) is 4.39 Å². The molecule has 0 saturated carbocycles. The van der Waals surface area contributed by atoms with Crippen LogP contribution in [-0.4, -0.2) is 21.4 Å². The monoisotopic (exact) mass is 219 g/mol. The van der Waals surface area contributed by atoms with Crippen molar-refractivity contribution in [1.82, 2.24) is 4.72 Å². The maximum Gasteiger partial charge on any atom is 0.352 e. The van der Waals surface area contributed by atoms with Gasteiger partial charge in [-0.05, 0) is 36.6 Å². The Kier molecular flexibility index (Phi) is 3.46. The van der Waals surface area contributed by atoms with Crippen molar-refractivity contribution >= 4 is 11.9 Å². The van der Waals surface area contributed by atoms with Crippen molar-refractivity contribution in [2.45, 2.75) is 17.9 Å². The van der Waals surface area contributed by atoms with E-state index in [2.05, 4.69) is 0 Å². The first-order valence-electron chi connectivity index (χ1n) is 3.76. The number of nitrogens with one attached hydrogen (secondary N) is 1. The summed E-state index contributed by atoms with van der Waals surface area (Å²) in [5.74, 6) is -0.392. The zero-order chi connectivity index (χ0) is 10.8. The Bertz CT molecular complexity index is 327. The van der Waals surface area contributed by atoms with Gasteiger partial charge in [-0.2, -0.15) is 4.72 Å². The summed E-state index contributed by atoms with van der Waals surface area (Å²) in [7, 11) is 0. The van der Waals surface area contributed by atoms with Crippen molar-refractivity contribution in [3.05, 3.63) is 29.6 Å². The first-order chi connectivity index (χ1) is 6.38. The number of hydrogen-bond donors (Lipinski definition) is 4. The van der Waals surface area contributed by atoms with E-state index in [9.17, 15) is 4.39 Å². The molecule has 78 valence electrons. The molecular formula is C8H10FNO3S. The van der Waals surface area contributed by atoms with Gasteiger partial charge in [0.05, 0.1) is 0 Å². The van der Waals surface area contributed by atoms with E-state index in [0.29, 0.717) is 22.4 Å². The Morgan fingerprint density at radius 3 is 2.50 bits per heavy atom. The Morgan fingerprint density at radius 2 is 2.00 bits per heavy atom. The first kappa shape index (κ1) is 11.4. The number of aryl methyl sites for hydroxylation is 1. The fraction of sp³-hybridized carbons (Fsp3) is 0.250. The molecule has 0 atom stereocenters. The minimum Gasteiger partial charge on any atom is -0.330 e. The Labute approximate surface area is 84.5 Å². The van der Waals surface area contributed by atoms with Crippen molar-refractivity contribution in [3.8, 4) is 0 Å². The Balaban J connectivity index is 2.65. The number of halogens is 1. The number of benzene rings is 1. The van der Waals surface area contributed by atoms with Crippen molar-refractivity contribution in [2.24, 2.45) is 0 Å². The fourth-order valence-corrected chi connectivity index (χ4v) is 1.32. The average Bonchev–Trinajstić information content (AvgIpc) is 2.06. The van der Waals surface area contributed by atoms with Crippen LogP contribution in [0.25, 0.3) is 0 Å². The second-order valence-corrected chi connectivity index (χ2v) is 3.63. The normalized spacial score (nSPS) is 11.8. The van der Waals surface area contributed by atoms with E-state index in [1.54, 1.807) is 19.1 Å². The molecule has 0 aliphatic heterocycles. The number of rotatable bonds is 3. The minimum absolute atomic E-state index is 0.392. The van der Waals surface area contributed by atoms with Crippen LogP contribution in [0, 0.1) is 12.7 Å². The van der Waals surface area contributed by atoms with E-state index in [-0.39, 0.29) is 0 Å². The van der Waals surface area contributed by atoms with Crippen LogP contribution >= 0.6 is 11.9 Å². The molecule has 0 fully saturated rings. The van der Waals surface area contributed by atoms with E-state index >= 15 is 0 Å². The quantitative estimate of drug-likeness (QED) is 0.435. The van der Waals surface area contributed by atoms with Crippen molar-refractivity contribution in [2.75, 3.05) is 0 Å². The maximum absolute atomic E-state index is 13.0. The van der Waals surface area contributed by atoms with Crippen LogP contribution in [-0.2, 0) is 0 Å². The maximum atomic E-state index is 13.0. The molecule has 4 nitrogen and oxygen atoms in total. The molecule has 14 heavy (non-hydrogen) atoms. The van der Waals surface area contributed by atoms with Crippen LogP contribution < -0.4 is 4.72 Å². The van der Waals surface area contributed by atoms with Gasteiger partial charge in [0.1, 0.15) is 5.82 Å². The van der Waals surface area contributed by atoms with Crippen molar-refractivity contribution in [1.29, 1.82) is 0 Å². The van der Waals surface area contributed by atoms with Gasteiger partial charge >= 0.3 is 6.10 Å². The van der Waals surface area contributed by atoms with Gasteiger partial charge in [-0.15, -0.1) is 0 Å². The molecule has 0 saturated heterocycles. The van der Waals surface area contributed by atoms with Crippen LogP contribution in [0.5, 0.6) is 0 Å². The molecule has 0 aliphatic carbocycles. The second kappa shape index (κ2) is 4.24. The van der Waals surface area contributed by atoms with Crippen LogP contribution in [0.4, 0.5) is 4.39 Å². The third kappa shape index (κ3) is 3.60. The van der Waals surface area contributed by atoms with Gasteiger partial charge in [0, 0.05) is 4.90 Å². The highest BCUT2D eigenvalue weighted by atomic mass is 32.2. The van der Waals surface area contributed by atoms with Gasteiger partial charge in [0.2, 0.25) is 0 Å². The summed E-state index contributed by atoms with van der Waals surface area (Å²) < 4.78 is 14.9. The summed E-state index contributed by atoms with van der Waals surface area (Å²) >= 11 is 0.710. The standard InChI is InChI=1S/C8H10FNO3S/c1-5-2-3-6(4-7(5)9)14-10-8(11,12)13/h2-4,10-13H,1H3. The summed E-state index contributed by atoms with van der Waals surface area (Å²) in [6.45, 7) is 1.62. The lowest BCUT2D eigenvalue weighted by atomic mass is 10.2.